The summed E-state index contributed by atoms with van der Waals surface area (Å²) < 4.78 is 33.0. The van der Waals surface area contributed by atoms with Crippen molar-refractivity contribution in [2.45, 2.75) is 50.2 Å². The van der Waals surface area contributed by atoms with Crippen LogP contribution in [0.1, 0.15) is 48.7 Å². The van der Waals surface area contributed by atoms with Crippen LogP contribution >= 0.6 is 11.3 Å². The predicted molar refractivity (Wildman–Crippen MR) is 124 cm³/mol. The van der Waals surface area contributed by atoms with Gasteiger partial charge in [-0.15, -0.1) is 11.3 Å². The molecule has 4 rings (SSSR count). The van der Waals surface area contributed by atoms with Crippen molar-refractivity contribution in [3.63, 3.8) is 0 Å². The van der Waals surface area contributed by atoms with E-state index in [1.54, 1.807) is 0 Å². The van der Waals surface area contributed by atoms with Gasteiger partial charge in [0.1, 0.15) is 0 Å². The normalized spacial score (nSPS) is 20.5. The average Bonchev–Trinajstić information content (AvgIpc) is 3.46. The van der Waals surface area contributed by atoms with E-state index in [9.17, 15) is 13.2 Å². The molecule has 3 heterocycles. The molecule has 8 nitrogen and oxygen atoms in total. The molecule has 2 saturated heterocycles. The Morgan fingerprint density at radius 3 is 2.66 bits per heavy atom. The van der Waals surface area contributed by atoms with Crippen LogP contribution in [0.4, 0.5) is 5.13 Å². The average molecular weight is 479 g/mol. The molecule has 0 aliphatic carbocycles. The molecule has 1 aromatic carbocycles. The number of hydrogen-bond donors (Lipinski definition) is 2. The fraction of sp³-hybridized carbons (Fsp3) is 0.545. The van der Waals surface area contributed by atoms with E-state index in [0.29, 0.717) is 17.3 Å². The molecule has 2 aromatic rings. The van der Waals surface area contributed by atoms with E-state index in [4.69, 9.17) is 4.74 Å². The summed E-state index contributed by atoms with van der Waals surface area (Å²) in [6.45, 7) is 6.18. The Kier molecular flexibility index (Phi) is 7.57. The molecule has 2 fully saturated rings. The van der Waals surface area contributed by atoms with Crippen molar-refractivity contribution in [2.75, 3.05) is 31.6 Å². The summed E-state index contributed by atoms with van der Waals surface area (Å²) in [6.07, 6.45) is 4.16. The van der Waals surface area contributed by atoms with Crippen LogP contribution in [0.2, 0.25) is 0 Å². The maximum atomic E-state index is 12.6. The smallest absolute Gasteiger partial charge is 0.257 e. The molecule has 32 heavy (non-hydrogen) atoms. The lowest BCUT2D eigenvalue weighted by Crippen LogP contribution is -2.32. The van der Waals surface area contributed by atoms with Crippen LogP contribution in [0, 0.1) is 5.92 Å². The molecule has 0 saturated carbocycles. The standard InChI is InChI=1S/C22H30N4O4S2/c1-16-8-10-26(11-9-16)14-18-15-31-22(24-18)25-21(27)17-4-6-20(7-5-17)32(28,29)23-13-19-3-2-12-30-19/h4-7,15-16,19,23H,2-3,8-14H2,1H3,(H,24,25,27). The number of carbonyl (C=O) groups excluding carboxylic acids is 1. The molecule has 1 aromatic heterocycles. The lowest BCUT2D eigenvalue weighted by atomic mass is 9.99. The molecule has 2 aliphatic heterocycles. The summed E-state index contributed by atoms with van der Waals surface area (Å²) in [4.78, 5) is 19.6. The molecule has 10 heteroatoms. The van der Waals surface area contributed by atoms with Crippen molar-refractivity contribution in [3.05, 3.63) is 40.9 Å². The molecular formula is C22H30N4O4S2. The van der Waals surface area contributed by atoms with E-state index in [1.165, 1.54) is 48.4 Å². The van der Waals surface area contributed by atoms with Crippen LogP contribution in [0.25, 0.3) is 0 Å². The first kappa shape index (κ1) is 23.3. The number of carbonyl (C=O) groups is 1. The van der Waals surface area contributed by atoms with E-state index in [-0.39, 0.29) is 23.5 Å². The van der Waals surface area contributed by atoms with Gasteiger partial charge in [0.25, 0.3) is 5.91 Å². The molecule has 2 N–H and O–H groups in total. The molecule has 1 atom stereocenters. The molecular weight excluding hydrogens is 448 g/mol. The summed E-state index contributed by atoms with van der Waals surface area (Å²) in [5.41, 5.74) is 1.34. The van der Waals surface area contributed by atoms with E-state index in [0.717, 1.165) is 44.1 Å². The molecule has 0 bridgehead atoms. The number of nitrogens with one attached hydrogen (secondary N) is 2. The van der Waals surface area contributed by atoms with Crippen molar-refractivity contribution in [3.8, 4) is 0 Å². The first-order valence-corrected chi connectivity index (χ1v) is 13.4. The lowest BCUT2D eigenvalue weighted by Gasteiger charge is -2.29. The highest BCUT2D eigenvalue weighted by atomic mass is 32.2. The number of piperidine rings is 1. The van der Waals surface area contributed by atoms with Crippen molar-refractivity contribution in [1.82, 2.24) is 14.6 Å². The quantitative estimate of drug-likeness (QED) is 0.605. The van der Waals surface area contributed by atoms with Gasteiger partial charge >= 0.3 is 0 Å². The third-order valence-electron chi connectivity index (χ3n) is 5.99. The maximum absolute atomic E-state index is 12.6. The minimum Gasteiger partial charge on any atom is -0.377 e. The van der Waals surface area contributed by atoms with Gasteiger partial charge in [0.05, 0.1) is 16.7 Å². The summed E-state index contributed by atoms with van der Waals surface area (Å²) in [7, 11) is -3.64. The first-order valence-electron chi connectivity index (χ1n) is 11.1. The Labute approximate surface area is 193 Å². The van der Waals surface area contributed by atoms with E-state index in [1.807, 2.05) is 5.38 Å². The van der Waals surface area contributed by atoms with E-state index >= 15 is 0 Å². The molecule has 0 radical (unpaired) electrons. The van der Waals surface area contributed by atoms with Gasteiger partial charge in [-0.2, -0.15) is 0 Å². The minimum atomic E-state index is -3.64. The van der Waals surface area contributed by atoms with Crippen LogP contribution < -0.4 is 10.0 Å². The van der Waals surface area contributed by atoms with Crippen LogP contribution in [0.15, 0.2) is 34.5 Å². The number of benzene rings is 1. The molecule has 1 unspecified atom stereocenters. The number of nitrogens with zero attached hydrogens (tertiary/aromatic N) is 2. The Hall–Kier alpha value is -1.85. The monoisotopic (exact) mass is 478 g/mol. The van der Waals surface area contributed by atoms with Gasteiger partial charge in [0, 0.05) is 30.6 Å². The maximum Gasteiger partial charge on any atom is 0.257 e. The second kappa shape index (κ2) is 10.4. The second-order valence-corrected chi connectivity index (χ2v) is 11.2. The molecule has 1 amide bonds. The van der Waals surface area contributed by atoms with Gasteiger partial charge < -0.3 is 4.74 Å². The zero-order chi connectivity index (χ0) is 22.6. The van der Waals surface area contributed by atoms with Crippen molar-refractivity contribution in [2.24, 2.45) is 5.92 Å². The van der Waals surface area contributed by atoms with E-state index < -0.39 is 10.0 Å². The Bertz CT molecular complexity index is 1010. The zero-order valence-electron chi connectivity index (χ0n) is 18.2. The summed E-state index contributed by atoms with van der Waals surface area (Å²) >= 11 is 1.40. The predicted octanol–water partition coefficient (Wildman–Crippen LogP) is 3.08. The van der Waals surface area contributed by atoms with Crippen molar-refractivity contribution in [1.29, 1.82) is 0 Å². The largest absolute Gasteiger partial charge is 0.377 e. The van der Waals surface area contributed by atoms with Crippen LogP contribution in [0.5, 0.6) is 0 Å². The van der Waals surface area contributed by atoms with Gasteiger partial charge in [0.2, 0.25) is 10.0 Å². The third kappa shape index (κ3) is 6.14. The fourth-order valence-corrected chi connectivity index (χ4v) is 5.70. The van der Waals surface area contributed by atoms with Gasteiger partial charge in [-0.05, 0) is 69.0 Å². The Morgan fingerprint density at radius 2 is 1.97 bits per heavy atom. The molecule has 0 spiro atoms. The Morgan fingerprint density at radius 1 is 1.22 bits per heavy atom. The van der Waals surface area contributed by atoms with Crippen LogP contribution in [-0.2, 0) is 21.3 Å². The number of sulfonamides is 1. The zero-order valence-corrected chi connectivity index (χ0v) is 19.9. The first-order chi connectivity index (χ1) is 15.4. The van der Waals surface area contributed by atoms with E-state index in [2.05, 4.69) is 26.8 Å². The minimum absolute atomic E-state index is 0.0727. The van der Waals surface area contributed by atoms with Crippen LogP contribution in [-0.4, -0.2) is 56.6 Å². The van der Waals surface area contributed by atoms with Gasteiger partial charge in [-0.3, -0.25) is 15.0 Å². The summed E-state index contributed by atoms with van der Waals surface area (Å²) in [5.74, 6) is 0.476. The number of aromatic nitrogens is 1. The van der Waals surface area contributed by atoms with Crippen molar-refractivity contribution < 1.29 is 17.9 Å². The number of ether oxygens (including phenoxy) is 1. The number of rotatable bonds is 8. The SMILES string of the molecule is CC1CCN(Cc2csc(NC(=O)c3ccc(S(=O)(=O)NCC4CCCO4)cc3)n2)CC1. The summed E-state index contributed by atoms with van der Waals surface area (Å²) in [5, 5.41) is 5.33. The summed E-state index contributed by atoms with van der Waals surface area (Å²) in [6, 6.07) is 5.91. The molecule has 174 valence electrons. The third-order valence-corrected chi connectivity index (χ3v) is 8.23. The highest BCUT2D eigenvalue weighted by Crippen LogP contribution is 2.22. The number of amides is 1. The van der Waals surface area contributed by atoms with Gasteiger partial charge in [0.15, 0.2) is 5.13 Å². The number of thiazole rings is 1. The topological polar surface area (TPSA) is 101 Å². The number of anilines is 1. The van der Waals surface area contributed by atoms with Gasteiger partial charge in [-0.1, -0.05) is 6.92 Å². The van der Waals surface area contributed by atoms with Gasteiger partial charge in [-0.25, -0.2) is 18.1 Å². The highest BCUT2D eigenvalue weighted by molar-refractivity contribution is 7.89. The molecule has 2 aliphatic rings. The van der Waals surface area contributed by atoms with Crippen molar-refractivity contribution >= 4 is 32.4 Å². The highest BCUT2D eigenvalue weighted by Gasteiger charge is 2.21. The Balaban J connectivity index is 1.30. The van der Waals surface area contributed by atoms with Crippen LogP contribution in [0.3, 0.4) is 0 Å². The fourth-order valence-electron chi connectivity index (χ4n) is 3.93. The number of hydrogen-bond acceptors (Lipinski definition) is 7. The lowest BCUT2D eigenvalue weighted by molar-refractivity contribution is 0.102. The second-order valence-electron chi connectivity index (χ2n) is 8.57. The number of likely N-dealkylation sites (tertiary alicyclic amines) is 1.